The molecule has 0 saturated heterocycles. The predicted molar refractivity (Wildman–Crippen MR) is 66.5 cm³/mol. The summed E-state index contributed by atoms with van der Waals surface area (Å²) in [6.45, 7) is 6.93. The van der Waals surface area contributed by atoms with Crippen molar-refractivity contribution in [2.75, 3.05) is 13.7 Å². The largest absolute Gasteiger partial charge is 0.388 e. The molecule has 0 aliphatic rings. The van der Waals surface area contributed by atoms with Crippen LogP contribution in [-0.4, -0.2) is 18.8 Å². The molecule has 0 aromatic heterocycles. The van der Waals surface area contributed by atoms with Gasteiger partial charge in [-0.05, 0) is 42.9 Å². The van der Waals surface area contributed by atoms with Crippen molar-refractivity contribution < 1.29 is 9.84 Å². The van der Waals surface area contributed by atoms with Crippen LogP contribution in [0.2, 0.25) is 0 Å². The zero-order chi connectivity index (χ0) is 12.1. The predicted octanol–water partition coefficient (Wildman–Crippen LogP) is 3.01. The molecule has 16 heavy (non-hydrogen) atoms. The minimum atomic E-state index is -0.384. The van der Waals surface area contributed by atoms with Crippen LogP contribution >= 0.6 is 0 Å². The van der Waals surface area contributed by atoms with Crippen molar-refractivity contribution in [3.8, 4) is 0 Å². The van der Waals surface area contributed by atoms with Crippen LogP contribution in [0.15, 0.2) is 18.2 Å². The van der Waals surface area contributed by atoms with Gasteiger partial charge in [-0.25, -0.2) is 0 Å². The van der Waals surface area contributed by atoms with Crippen LogP contribution in [0.1, 0.15) is 36.1 Å². The summed E-state index contributed by atoms with van der Waals surface area (Å²) >= 11 is 0. The number of hydrogen-bond acceptors (Lipinski definition) is 2. The summed E-state index contributed by atoms with van der Waals surface area (Å²) in [6, 6.07) is 6.08. The summed E-state index contributed by atoms with van der Waals surface area (Å²) in [6.07, 6.45) is 0.364. The molecule has 2 nitrogen and oxygen atoms in total. The molecule has 1 rings (SSSR count). The molecule has 0 bridgehead atoms. The fourth-order valence-corrected chi connectivity index (χ4v) is 2.00. The van der Waals surface area contributed by atoms with Crippen molar-refractivity contribution in [3.63, 3.8) is 0 Å². The molecule has 0 radical (unpaired) electrons. The maximum Gasteiger partial charge on any atom is 0.0796 e. The summed E-state index contributed by atoms with van der Waals surface area (Å²) in [5.74, 6) is 0.375. The minimum Gasteiger partial charge on any atom is -0.388 e. The minimum absolute atomic E-state index is 0.375. The first-order chi connectivity index (χ1) is 7.56. The lowest BCUT2D eigenvalue weighted by atomic mass is 9.93. The van der Waals surface area contributed by atoms with Crippen molar-refractivity contribution in [2.45, 2.75) is 33.3 Å². The number of rotatable bonds is 5. The van der Waals surface area contributed by atoms with E-state index >= 15 is 0 Å². The van der Waals surface area contributed by atoms with Gasteiger partial charge in [0.05, 0.1) is 6.10 Å². The molecule has 0 fully saturated rings. The van der Waals surface area contributed by atoms with Gasteiger partial charge < -0.3 is 9.84 Å². The van der Waals surface area contributed by atoms with E-state index in [2.05, 4.69) is 26.8 Å². The molecule has 0 saturated carbocycles. The van der Waals surface area contributed by atoms with Crippen molar-refractivity contribution in [3.05, 3.63) is 34.9 Å². The van der Waals surface area contributed by atoms with E-state index in [1.165, 1.54) is 11.1 Å². The number of benzene rings is 1. The number of aryl methyl sites for hydroxylation is 1. The van der Waals surface area contributed by atoms with Gasteiger partial charge in [0.25, 0.3) is 0 Å². The third-order valence-electron chi connectivity index (χ3n) is 3.08. The van der Waals surface area contributed by atoms with E-state index in [9.17, 15) is 5.11 Å². The molecule has 2 heteroatoms. The highest BCUT2D eigenvalue weighted by atomic mass is 16.5. The molecule has 1 aromatic rings. The lowest BCUT2D eigenvalue weighted by Crippen LogP contribution is -2.10. The fourth-order valence-electron chi connectivity index (χ4n) is 2.00. The molecular formula is C14H22O2. The van der Waals surface area contributed by atoms with Gasteiger partial charge in [0, 0.05) is 13.7 Å². The molecule has 1 N–H and O–H groups in total. The highest BCUT2D eigenvalue weighted by molar-refractivity contribution is 5.34. The number of aliphatic hydroxyl groups is 1. The average molecular weight is 222 g/mol. The highest BCUT2D eigenvalue weighted by Gasteiger charge is 2.14. The summed E-state index contributed by atoms with van der Waals surface area (Å²) < 4.78 is 5.08. The Labute approximate surface area is 98.3 Å². The van der Waals surface area contributed by atoms with E-state index in [0.29, 0.717) is 12.5 Å². The number of methoxy groups -OCH3 is 1. The second-order valence-electron chi connectivity index (χ2n) is 4.60. The van der Waals surface area contributed by atoms with E-state index in [1.54, 1.807) is 7.11 Å². The zero-order valence-electron chi connectivity index (χ0n) is 10.7. The van der Waals surface area contributed by atoms with Crippen LogP contribution < -0.4 is 0 Å². The van der Waals surface area contributed by atoms with E-state index in [1.807, 2.05) is 12.1 Å². The summed E-state index contributed by atoms with van der Waals surface area (Å²) in [4.78, 5) is 0. The molecule has 0 spiro atoms. The second-order valence-corrected chi connectivity index (χ2v) is 4.60. The van der Waals surface area contributed by atoms with E-state index in [0.717, 1.165) is 12.0 Å². The van der Waals surface area contributed by atoms with Crippen LogP contribution in [0.5, 0.6) is 0 Å². The van der Waals surface area contributed by atoms with E-state index in [4.69, 9.17) is 4.74 Å². The Balaban J connectivity index is 2.72. The molecular weight excluding hydrogens is 200 g/mol. The third kappa shape index (κ3) is 3.32. The molecule has 0 heterocycles. The first kappa shape index (κ1) is 13.2. The van der Waals surface area contributed by atoms with Crippen molar-refractivity contribution in [2.24, 2.45) is 5.92 Å². The van der Waals surface area contributed by atoms with Crippen LogP contribution in [0, 0.1) is 19.8 Å². The lowest BCUT2D eigenvalue weighted by molar-refractivity contribution is 0.101. The lowest BCUT2D eigenvalue weighted by Gasteiger charge is -2.18. The van der Waals surface area contributed by atoms with Crippen molar-refractivity contribution >= 4 is 0 Å². The highest BCUT2D eigenvalue weighted by Crippen LogP contribution is 2.25. The molecule has 0 amide bonds. The Morgan fingerprint density at radius 2 is 2.00 bits per heavy atom. The summed E-state index contributed by atoms with van der Waals surface area (Å²) in [5.41, 5.74) is 3.47. The molecule has 0 aliphatic carbocycles. The quantitative estimate of drug-likeness (QED) is 0.830. The Bertz CT molecular complexity index is 334. The van der Waals surface area contributed by atoms with Gasteiger partial charge >= 0.3 is 0 Å². The number of hydrogen-bond donors (Lipinski definition) is 1. The zero-order valence-corrected chi connectivity index (χ0v) is 10.7. The standard InChI is InChI=1S/C14H22O2/c1-10(9-16-4)8-14(15)13-7-5-6-11(2)12(13)3/h5-7,10,14-15H,8-9H2,1-4H3. The second kappa shape index (κ2) is 6.02. The van der Waals surface area contributed by atoms with Gasteiger partial charge in [0.1, 0.15) is 0 Å². The van der Waals surface area contributed by atoms with Crippen LogP contribution in [-0.2, 0) is 4.74 Å². The smallest absolute Gasteiger partial charge is 0.0796 e. The van der Waals surface area contributed by atoms with Crippen molar-refractivity contribution in [1.82, 2.24) is 0 Å². The normalized spacial score (nSPS) is 14.8. The van der Waals surface area contributed by atoms with Gasteiger partial charge in [0.15, 0.2) is 0 Å². The first-order valence-electron chi connectivity index (χ1n) is 5.79. The molecule has 90 valence electrons. The molecule has 2 atom stereocenters. The van der Waals surface area contributed by atoms with Crippen LogP contribution in [0.25, 0.3) is 0 Å². The third-order valence-corrected chi connectivity index (χ3v) is 3.08. The van der Waals surface area contributed by atoms with Gasteiger partial charge in [-0.15, -0.1) is 0 Å². The van der Waals surface area contributed by atoms with Gasteiger partial charge in [-0.1, -0.05) is 25.1 Å². The monoisotopic (exact) mass is 222 g/mol. The Hall–Kier alpha value is -0.860. The number of aliphatic hydroxyl groups excluding tert-OH is 1. The van der Waals surface area contributed by atoms with Gasteiger partial charge in [-0.2, -0.15) is 0 Å². The van der Waals surface area contributed by atoms with Gasteiger partial charge in [-0.3, -0.25) is 0 Å². The van der Waals surface area contributed by atoms with E-state index in [-0.39, 0.29) is 6.10 Å². The maximum atomic E-state index is 10.2. The maximum absolute atomic E-state index is 10.2. The Morgan fingerprint density at radius 3 is 2.62 bits per heavy atom. The van der Waals surface area contributed by atoms with Crippen LogP contribution in [0.4, 0.5) is 0 Å². The molecule has 0 aliphatic heterocycles. The Kier molecular flexibility index (Phi) is 4.97. The average Bonchev–Trinajstić information content (AvgIpc) is 2.22. The summed E-state index contributed by atoms with van der Waals surface area (Å²) in [7, 11) is 1.70. The topological polar surface area (TPSA) is 29.5 Å². The first-order valence-corrected chi connectivity index (χ1v) is 5.79. The summed E-state index contributed by atoms with van der Waals surface area (Å²) in [5, 5.41) is 10.2. The van der Waals surface area contributed by atoms with Gasteiger partial charge in [0.2, 0.25) is 0 Å². The SMILES string of the molecule is COCC(C)CC(O)c1cccc(C)c1C. The molecule has 2 unspecified atom stereocenters. The molecule has 1 aromatic carbocycles. The number of ether oxygens (including phenoxy) is 1. The van der Waals surface area contributed by atoms with Crippen molar-refractivity contribution in [1.29, 1.82) is 0 Å². The van der Waals surface area contributed by atoms with Crippen LogP contribution in [0.3, 0.4) is 0 Å². The fraction of sp³-hybridized carbons (Fsp3) is 0.571. The Morgan fingerprint density at radius 1 is 1.31 bits per heavy atom. The van der Waals surface area contributed by atoms with E-state index < -0.39 is 0 Å².